The number of rotatable bonds is 3. The van der Waals surface area contributed by atoms with Crippen LogP contribution >= 0.6 is 25.3 Å². The van der Waals surface area contributed by atoms with E-state index in [2.05, 4.69) is 38.4 Å². The molecule has 1 atom stereocenters. The molecule has 0 aliphatic heterocycles. The Morgan fingerprint density at radius 2 is 1.77 bits per heavy atom. The molecule has 80 valence electrons. The van der Waals surface area contributed by atoms with Gasteiger partial charge in [0.2, 0.25) is 0 Å². The SMILES string of the molecule is C=C.NCCS.N[C@@H](CS)C(=O)O. The fraction of sp³-hybridized carbons (Fsp3) is 0.571. The van der Waals surface area contributed by atoms with Crippen LogP contribution in [0.4, 0.5) is 0 Å². The number of hydrogen-bond donors (Lipinski definition) is 5. The van der Waals surface area contributed by atoms with Crippen LogP contribution < -0.4 is 11.5 Å². The minimum absolute atomic E-state index is 0.190. The van der Waals surface area contributed by atoms with Crippen molar-refractivity contribution in [3.05, 3.63) is 13.2 Å². The summed E-state index contributed by atoms with van der Waals surface area (Å²) in [5, 5.41) is 8.01. The van der Waals surface area contributed by atoms with Gasteiger partial charge in [0.25, 0.3) is 0 Å². The molecule has 5 N–H and O–H groups in total. The van der Waals surface area contributed by atoms with E-state index in [4.69, 9.17) is 16.6 Å². The first-order valence-corrected chi connectivity index (χ1v) is 4.76. The van der Waals surface area contributed by atoms with Gasteiger partial charge in [-0.05, 0) is 0 Å². The van der Waals surface area contributed by atoms with Gasteiger partial charge in [-0.15, -0.1) is 13.2 Å². The highest BCUT2D eigenvalue weighted by Gasteiger charge is 2.06. The van der Waals surface area contributed by atoms with Gasteiger partial charge in [0.15, 0.2) is 0 Å². The Morgan fingerprint density at radius 3 is 1.77 bits per heavy atom. The van der Waals surface area contributed by atoms with E-state index >= 15 is 0 Å². The van der Waals surface area contributed by atoms with Gasteiger partial charge in [0.1, 0.15) is 6.04 Å². The molecular weight excluding hydrogens is 208 g/mol. The third kappa shape index (κ3) is 24.5. The zero-order valence-electron chi connectivity index (χ0n) is 7.52. The molecular formula is C7H18N2O2S2. The van der Waals surface area contributed by atoms with Crippen LogP contribution in [0.3, 0.4) is 0 Å². The fourth-order valence-electron chi connectivity index (χ4n) is 0.0781. The normalized spacial score (nSPS) is 9.85. The van der Waals surface area contributed by atoms with Crippen LogP contribution in [0.5, 0.6) is 0 Å². The largest absolute Gasteiger partial charge is 0.480 e. The maximum absolute atomic E-state index is 9.76. The first-order valence-electron chi connectivity index (χ1n) is 3.50. The minimum atomic E-state index is -1.00. The summed E-state index contributed by atoms with van der Waals surface area (Å²) in [6, 6.07) is -0.816. The summed E-state index contributed by atoms with van der Waals surface area (Å²) in [5.74, 6) is -0.0231. The van der Waals surface area contributed by atoms with Crippen LogP contribution in [-0.2, 0) is 4.79 Å². The van der Waals surface area contributed by atoms with Crippen molar-refractivity contribution in [3.63, 3.8) is 0 Å². The molecule has 0 fully saturated rings. The minimum Gasteiger partial charge on any atom is -0.480 e. The lowest BCUT2D eigenvalue weighted by atomic mass is 10.4. The van der Waals surface area contributed by atoms with E-state index < -0.39 is 12.0 Å². The summed E-state index contributed by atoms with van der Waals surface area (Å²) in [4.78, 5) is 9.76. The average Bonchev–Trinajstić information content (AvgIpc) is 2.19. The van der Waals surface area contributed by atoms with E-state index in [1.165, 1.54) is 0 Å². The summed E-state index contributed by atoms with van der Waals surface area (Å²) >= 11 is 7.44. The van der Waals surface area contributed by atoms with Crippen LogP contribution in [0.15, 0.2) is 13.2 Å². The molecule has 0 rings (SSSR count). The Balaban J connectivity index is -0.000000142. The first-order chi connectivity index (χ1) is 6.09. The van der Waals surface area contributed by atoms with Crippen molar-refractivity contribution in [1.82, 2.24) is 0 Å². The number of hydrogen-bond acceptors (Lipinski definition) is 5. The Kier molecular flexibility index (Phi) is 25.4. The monoisotopic (exact) mass is 226 g/mol. The summed E-state index contributed by atoms with van der Waals surface area (Å²) in [7, 11) is 0. The zero-order valence-corrected chi connectivity index (χ0v) is 9.31. The van der Waals surface area contributed by atoms with Gasteiger partial charge in [0.05, 0.1) is 0 Å². The van der Waals surface area contributed by atoms with Crippen LogP contribution in [0, 0.1) is 0 Å². The molecule has 0 saturated carbocycles. The number of aliphatic carboxylic acids is 1. The molecule has 13 heavy (non-hydrogen) atoms. The average molecular weight is 226 g/mol. The summed E-state index contributed by atoms with van der Waals surface area (Å²) in [6.07, 6.45) is 0. The van der Waals surface area contributed by atoms with Crippen molar-refractivity contribution in [1.29, 1.82) is 0 Å². The number of carbonyl (C=O) groups is 1. The number of carboxylic acids is 1. The van der Waals surface area contributed by atoms with E-state index in [-0.39, 0.29) is 5.75 Å². The Bertz CT molecular complexity index is 113. The molecule has 0 bridgehead atoms. The second-order valence-electron chi connectivity index (χ2n) is 1.64. The summed E-state index contributed by atoms with van der Waals surface area (Å²) in [6.45, 7) is 6.68. The first kappa shape index (κ1) is 18.6. The van der Waals surface area contributed by atoms with Gasteiger partial charge in [-0.3, -0.25) is 4.79 Å². The molecule has 0 unspecified atom stereocenters. The maximum atomic E-state index is 9.76. The molecule has 6 heteroatoms. The van der Waals surface area contributed by atoms with Gasteiger partial charge < -0.3 is 16.6 Å². The lowest BCUT2D eigenvalue weighted by molar-refractivity contribution is -0.137. The van der Waals surface area contributed by atoms with Gasteiger partial charge in [-0.25, -0.2) is 0 Å². The maximum Gasteiger partial charge on any atom is 0.321 e. The van der Waals surface area contributed by atoms with Crippen LogP contribution in [0.2, 0.25) is 0 Å². The number of thiol groups is 2. The molecule has 0 amide bonds. The molecule has 0 aromatic rings. The highest BCUT2D eigenvalue weighted by Crippen LogP contribution is 1.80. The second-order valence-corrected chi connectivity index (χ2v) is 2.45. The van der Waals surface area contributed by atoms with Gasteiger partial charge in [-0.1, -0.05) is 0 Å². The second kappa shape index (κ2) is 17.8. The van der Waals surface area contributed by atoms with Crippen molar-refractivity contribution in [2.45, 2.75) is 6.04 Å². The third-order valence-corrected chi connectivity index (χ3v) is 1.29. The van der Waals surface area contributed by atoms with Crippen LogP contribution in [-0.4, -0.2) is 35.2 Å². The molecule has 0 aliphatic carbocycles. The topological polar surface area (TPSA) is 89.3 Å². The summed E-state index contributed by atoms with van der Waals surface area (Å²) in [5.41, 5.74) is 9.89. The van der Waals surface area contributed by atoms with Crippen molar-refractivity contribution >= 4 is 31.2 Å². The molecule has 0 aromatic carbocycles. The quantitative estimate of drug-likeness (QED) is 0.346. The smallest absolute Gasteiger partial charge is 0.321 e. The lowest BCUT2D eigenvalue weighted by Crippen LogP contribution is -2.31. The van der Waals surface area contributed by atoms with Crippen molar-refractivity contribution < 1.29 is 9.90 Å². The van der Waals surface area contributed by atoms with Crippen molar-refractivity contribution in [2.24, 2.45) is 11.5 Å². The molecule has 0 spiro atoms. The van der Waals surface area contributed by atoms with E-state index in [0.717, 1.165) is 5.75 Å². The van der Waals surface area contributed by atoms with E-state index in [1.54, 1.807) is 0 Å². The van der Waals surface area contributed by atoms with E-state index in [0.29, 0.717) is 6.54 Å². The fourth-order valence-corrected chi connectivity index (χ4v) is 0.234. The standard InChI is InChI=1S/C3H7NO2S.C2H7NS.C2H4/c4-2(1-7)3(5)6;3-1-2-4;1-2/h2,7H,1,4H2,(H,5,6);4H,1-3H2;1-2H2/t2-;;/m0../s1. The summed E-state index contributed by atoms with van der Waals surface area (Å²) < 4.78 is 0. The van der Waals surface area contributed by atoms with Crippen LogP contribution in [0.25, 0.3) is 0 Å². The molecule has 4 nitrogen and oxygen atoms in total. The lowest BCUT2D eigenvalue weighted by Gasteiger charge is -1.96. The molecule has 0 radical (unpaired) electrons. The molecule has 0 saturated heterocycles. The predicted octanol–water partition coefficient (Wildman–Crippen LogP) is 0.00520. The van der Waals surface area contributed by atoms with Crippen molar-refractivity contribution in [3.8, 4) is 0 Å². The molecule has 0 aliphatic rings. The van der Waals surface area contributed by atoms with E-state index in [1.807, 2.05) is 0 Å². The van der Waals surface area contributed by atoms with Gasteiger partial charge in [-0.2, -0.15) is 25.3 Å². The molecule has 0 aromatic heterocycles. The zero-order chi connectivity index (χ0) is 11.3. The van der Waals surface area contributed by atoms with Crippen molar-refractivity contribution in [2.75, 3.05) is 18.1 Å². The Labute approximate surface area is 90.2 Å². The van der Waals surface area contributed by atoms with Gasteiger partial charge in [0, 0.05) is 18.1 Å². The van der Waals surface area contributed by atoms with Crippen LogP contribution in [0.1, 0.15) is 0 Å². The Hall–Kier alpha value is -0.170. The van der Waals surface area contributed by atoms with Gasteiger partial charge >= 0.3 is 5.97 Å². The third-order valence-electron chi connectivity index (χ3n) is 0.643. The number of nitrogens with two attached hydrogens (primary N) is 2. The van der Waals surface area contributed by atoms with E-state index in [9.17, 15) is 4.79 Å². The molecule has 0 heterocycles. The highest BCUT2D eigenvalue weighted by atomic mass is 32.1. The highest BCUT2D eigenvalue weighted by molar-refractivity contribution is 7.80. The predicted molar refractivity (Wildman–Crippen MR) is 63.6 cm³/mol. The number of carboxylic acid groups (broad SMARTS) is 1. The Morgan fingerprint density at radius 1 is 1.46 bits per heavy atom.